The first kappa shape index (κ1) is 15.2. The summed E-state index contributed by atoms with van der Waals surface area (Å²) in [6, 6.07) is 4.43. The molecule has 1 aromatic carbocycles. The van der Waals surface area contributed by atoms with Crippen molar-refractivity contribution < 1.29 is 9.53 Å². The van der Waals surface area contributed by atoms with E-state index in [4.69, 9.17) is 4.74 Å². The fourth-order valence-electron chi connectivity index (χ4n) is 3.12. The molecule has 0 bridgehead atoms. The second-order valence-electron chi connectivity index (χ2n) is 5.79. The summed E-state index contributed by atoms with van der Waals surface area (Å²) in [5, 5.41) is 0. The van der Waals surface area contributed by atoms with Gasteiger partial charge in [0, 0.05) is 11.5 Å². The molecule has 1 aliphatic heterocycles. The molecule has 1 fully saturated rings. The molecule has 0 spiro atoms. The van der Waals surface area contributed by atoms with Crippen molar-refractivity contribution in [1.82, 2.24) is 0 Å². The SMILES string of the molecule is CCc1cc(CC)c(C(=O)C2COC(C)C2)c(CC)c1. The van der Waals surface area contributed by atoms with Crippen molar-refractivity contribution in [3.63, 3.8) is 0 Å². The van der Waals surface area contributed by atoms with Crippen molar-refractivity contribution in [3.8, 4) is 0 Å². The maximum Gasteiger partial charge on any atom is 0.168 e. The van der Waals surface area contributed by atoms with Crippen LogP contribution in [0.1, 0.15) is 61.2 Å². The highest BCUT2D eigenvalue weighted by Gasteiger charge is 2.31. The predicted octanol–water partition coefficient (Wildman–Crippen LogP) is 3.98. The number of rotatable bonds is 5. The lowest BCUT2D eigenvalue weighted by Gasteiger charge is -2.17. The number of hydrogen-bond acceptors (Lipinski definition) is 2. The first-order chi connectivity index (χ1) is 9.60. The summed E-state index contributed by atoms with van der Waals surface area (Å²) in [4.78, 5) is 12.9. The maximum atomic E-state index is 12.9. The third-order valence-electron chi connectivity index (χ3n) is 4.35. The van der Waals surface area contributed by atoms with E-state index < -0.39 is 0 Å². The summed E-state index contributed by atoms with van der Waals surface area (Å²) < 4.78 is 5.58. The number of ketones is 1. The number of carbonyl (C=O) groups excluding carboxylic acids is 1. The molecule has 20 heavy (non-hydrogen) atoms. The van der Waals surface area contributed by atoms with E-state index in [1.807, 2.05) is 0 Å². The van der Waals surface area contributed by atoms with Crippen molar-refractivity contribution in [1.29, 1.82) is 0 Å². The largest absolute Gasteiger partial charge is 0.378 e. The molecule has 0 saturated carbocycles. The zero-order chi connectivity index (χ0) is 14.7. The van der Waals surface area contributed by atoms with Gasteiger partial charge in [0.05, 0.1) is 12.7 Å². The van der Waals surface area contributed by atoms with E-state index in [0.717, 1.165) is 31.2 Å². The van der Waals surface area contributed by atoms with Gasteiger partial charge in [0.15, 0.2) is 5.78 Å². The van der Waals surface area contributed by atoms with Gasteiger partial charge in [-0.05, 0) is 49.3 Å². The van der Waals surface area contributed by atoms with E-state index in [1.54, 1.807) is 0 Å². The van der Waals surface area contributed by atoms with Gasteiger partial charge in [-0.3, -0.25) is 4.79 Å². The minimum absolute atomic E-state index is 0.0491. The van der Waals surface area contributed by atoms with Crippen LogP contribution in [-0.2, 0) is 24.0 Å². The van der Waals surface area contributed by atoms with Crippen molar-refractivity contribution in [3.05, 3.63) is 34.4 Å². The second kappa shape index (κ2) is 6.53. The van der Waals surface area contributed by atoms with Crippen LogP contribution in [0.5, 0.6) is 0 Å². The molecular formula is C18H26O2. The predicted molar refractivity (Wildman–Crippen MR) is 82.4 cm³/mol. The molecule has 2 nitrogen and oxygen atoms in total. The summed E-state index contributed by atoms with van der Waals surface area (Å²) in [7, 11) is 0. The summed E-state index contributed by atoms with van der Waals surface area (Å²) in [5.41, 5.74) is 4.75. The number of Topliss-reactive ketones (excluding diaryl/α,β-unsaturated/α-hetero) is 1. The molecule has 2 rings (SSSR count). The van der Waals surface area contributed by atoms with Crippen molar-refractivity contribution in [2.45, 2.75) is 59.5 Å². The molecule has 0 radical (unpaired) electrons. The summed E-state index contributed by atoms with van der Waals surface area (Å²) in [6.45, 7) is 9.08. The molecule has 0 amide bonds. The zero-order valence-corrected chi connectivity index (χ0v) is 13.2. The Balaban J connectivity index is 2.40. The van der Waals surface area contributed by atoms with Gasteiger partial charge in [0.2, 0.25) is 0 Å². The molecule has 2 heteroatoms. The van der Waals surface area contributed by atoms with Gasteiger partial charge in [-0.15, -0.1) is 0 Å². The normalized spacial score (nSPS) is 22.2. The van der Waals surface area contributed by atoms with Crippen LogP contribution in [0, 0.1) is 5.92 Å². The smallest absolute Gasteiger partial charge is 0.168 e. The van der Waals surface area contributed by atoms with Crippen LogP contribution >= 0.6 is 0 Å². The van der Waals surface area contributed by atoms with Crippen LogP contribution in [0.25, 0.3) is 0 Å². The highest BCUT2D eigenvalue weighted by atomic mass is 16.5. The lowest BCUT2D eigenvalue weighted by atomic mass is 9.86. The molecule has 110 valence electrons. The topological polar surface area (TPSA) is 26.3 Å². The highest BCUT2D eigenvalue weighted by Crippen LogP contribution is 2.28. The van der Waals surface area contributed by atoms with Gasteiger partial charge in [0.1, 0.15) is 0 Å². The Labute approximate surface area is 122 Å². The molecule has 0 N–H and O–H groups in total. The summed E-state index contributed by atoms with van der Waals surface area (Å²) in [5.74, 6) is 0.346. The van der Waals surface area contributed by atoms with Crippen LogP contribution in [0.2, 0.25) is 0 Å². The van der Waals surface area contributed by atoms with Crippen molar-refractivity contribution in [2.75, 3.05) is 6.61 Å². The summed E-state index contributed by atoms with van der Waals surface area (Å²) >= 11 is 0. The maximum absolute atomic E-state index is 12.9. The molecule has 1 aliphatic rings. The van der Waals surface area contributed by atoms with E-state index in [2.05, 4.69) is 39.8 Å². The van der Waals surface area contributed by atoms with E-state index in [9.17, 15) is 4.79 Å². The van der Waals surface area contributed by atoms with Gasteiger partial charge >= 0.3 is 0 Å². The highest BCUT2D eigenvalue weighted by molar-refractivity contribution is 6.01. The first-order valence-corrected chi connectivity index (χ1v) is 7.91. The van der Waals surface area contributed by atoms with Gasteiger partial charge in [0.25, 0.3) is 0 Å². The summed E-state index contributed by atoms with van der Waals surface area (Å²) in [6.07, 6.45) is 3.95. The van der Waals surface area contributed by atoms with Gasteiger partial charge in [-0.25, -0.2) is 0 Å². The first-order valence-electron chi connectivity index (χ1n) is 7.91. The average Bonchev–Trinajstić information content (AvgIpc) is 2.91. The quantitative estimate of drug-likeness (QED) is 0.759. The third-order valence-corrected chi connectivity index (χ3v) is 4.35. The Bertz CT molecular complexity index is 465. The van der Waals surface area contributed by atoms with Crippen LogP contribution in [-0.4, -0.2) is 18.5 Å². The van der Waals surface area contributed by atoms with Crippen LogP contribution in [0.3, 0.4) is 0 Å². The third kappa shape index (κ3) is 2.95. The number of ether oxygens (including phenoxy) is 1. The number of benzene rings is 1. The molecule has 2 unspecified atom stereocenters. The number of aryl methyl sites for hydroxylation is 3. The Morgan fingerprint density at radius 1 is 1.15 bits per heavy atom. The molecule has 1 saturated heterocycles. The van der Waals surface area contributed by atoms with Gasteiger partial charge in [-0.1, -0.05) is 32.9 Å². The number of carbonyl (C=O) groups is 1. The Kier molecular flexibility index (Phi) is 4.98. The minimum Gasteiger partial charge on any atom is -0.378 e. The van der Waals surface area contributed by atoms with E-state index in [1.165, 1.54) is 16.7 Å². The average molecular weight is 274 g/mol. The lowest BCUT2D eigenvalue weighted by molar-refractivity contribution is 0.0876. The monoisotopic (exact) mass is 274 g/mol. The van der Waals surface area contributed by atoms with E-state index in [0.29, 0.717) is 12.4 Å². The van der Waals surface area contributed by atoms with Crippen LogP contribution in [0.4, 0.5) is 0 Å². The zero-order valence-electron chi connectivity index (χ0n) is 13.2. The molecule has 1 heterocycles. The second-order valence-corrected chi connectivity index (χ2v) is 5.79. The Hall–Kier alpha value is -1.15. The fourth-order valence-corrected chi connectivity index (χ4v) is 3.12. The van der Waals surface area contributed by atoms with E-state index >= 15 is 0 Å². The number of hydrogen-bond donors (Lipinski definition) is 0. The van der Waals surface area contributed by atoms with Crippen molar-refractivity contribution >= 4 is 5.78 Å². The molecule has 1 aromatic rings. The Morgan fingerprint density at radius 3 is 2.15 bits per heavy atom. The molecular weight excluding hydrogens is 248 g/mol. The minimum atomic E-state index is 0.0491. The van der Waals surface area contributed by atoms with Crippen LogP contribution in [0.15, 0.2) is 12.1 Å². The van der Waals surface area contributed by atoms with E-state index in [-0.39, 0.29) is 12.0 Å². The standard InChI is InChI=1S/C18H26O2/c1-5-13-9-14(6-2)17(15(7-3)10-13)18(19)16-8-12(4)20-11-16/h9-10,12,16H,5-8,11H2,1-4H3. The van der Waals surface area contributed by atoms with Crippen molar-refractivity contribution in [2.24, 2.45) is 5.92 Å². The molecule has 0 aliphatic carbocycles. The fraction of sp³-hybridized carbons (Fsp3) is 0.611. The lowest BCUT2D eigenvalue weighted by Crippen LogP contribution is -2.19. The van der Waals surface area contributed by atoms with Crippen LogP contribution < -0.4 is 0 Å². The Morgan fingerprint density at radius 2 is 1.75 bits per heavy atom. The molecule has 0 aromatic heterocycles. The molecule has 2 atom stereocenters. The van der Waals surface area contributed by atoms with Gasteiger partial charge in [-0.2, -0.15) is 0 Å². The van der Waals surface area contributed by atoms with Gasteiger partial charge < -0.3 is 4.74 Å².